The number of amides is 1. The number of likely N-dealkylation sites (tertiary alicyclic amines) is 1. The number of alkyl halides is 3. The van der Waals surface area contributed by atoms with Crippen LogP contribution in [0.2, 0.25) is 0 Å². The molecule has 2 atom stereocenters. The zero-order chi connectivity index (χ0) is 18.7. The van der Waals surface area contributed by atoms with Crippen molar-refractivity contribution >= 4 is 17.2 Å². The molecule has 2 aromatic rings. The molecule has 8 heteroatoms. The highest BCUT2D eigenvalue weighted by molar-refractivity contribution is 7.11. The van der Waals surface area contributed by atoms with Crippen molar-refractivity contribution in [1.82, 2.24) is 15.2 Å². The average Bonchev–Trinajstić information content (AvgIpc) is 3.20. The summed E-state index contributed by atoms with van der Waals surface area (Å²) in [6, 6.07) is 9.32. The van der Waals surface area contributed by atoms with E-state index >= 15 is 0 Å². The maximum Gasteiger partial charge on any atom is 0.393 e. The first-order chi connectivity index (χ1) is 12.3. The topological polar surface area (TPSA) is 45.2 Å². The lowest BCUT2D eigenvalue weighted by Gasteiger charge is -2.20. The molecule has 26 heavy (non-hydrogen) atoms. The van der Waals surface area contributed by atoms with Crippen molar-refractivity contribution in [2.24, 2.45) is 11.8 Å². The van der Waals surface area contributed by atoms with Crippen molar-refractivity contribution in [3.05, 3.63) is 52.0 Å². The van der Waals surface area contributed by atoms with Crippen molar-refractivity contribution in [3.8, 4) is 0 Å². The Morgan fingerprint density at radius 2 is 2.04 bits per heavy atom. The molecule has 140 valence electrons. The Morgan fingerprint density at radius 1 is 1.31 bits per heavy atom. The Morgan fingerprint density at radius 3 is 2.65 bits per heavy atom. The van der Waals surface area contributed by atoms with Crippen LogP contribution in [-0.4, -0.2) is 35.1 Å². The molecule has 1 N–H and O–H groups in total. The van der Waals surface area contributed by atoms with Crippen molar-refractivity contribution in [3.63, 3.8) is 0 Å². The van der Waals surface area contributed by atoms with E-state index in [0.717, 1.165) is 10.4 Å². The summed E-state index contributed by atoms with van der Waals surface area (Å²) < 4.78 is 40.3. The van der Waals surface area contributed by atoms with Gasteiger partial charge in [0.1, 0.15) is 5.01 Å². The van der Waals surface area contributed by atoms with Crippen molar-refractivity contribution in [2.45, 2.75) is 26.2 Å². The second kappa shape index (κ2) is 7.75. The average molecular weight is 383 g/mol. The van der Waals surface area contributed by atoms with E-state index in [1.165, 1.54) is 11.3 Å². The third kappa shape index (κ3) is 4.62. The minimum atomic E-state index is -4.40. The van der Waals surface area contributed by atoms with Gasteiger partial charge in [-0.05, 0) is 12.5 Å². The fraction of sp³-hybridized carbons (Fsp3) is 0.444. The number of halogens is 3. The van der Waals surface area contributed by atoms with Crippen molar-refractivity contribution < 1.29 is 18.0 Å². The fourth-order valence-electron chi connectivity index (χ4n) is 3.23. The lowest BCUT2D eigenvalue weighted by Crippen LogP contribution is -2.39. The third-order valence-corrected chi connectivity index (χ3v) is 5.40. The molecule has 3 rings (SSSR count). The summed E-state index contributed by atoms with van der Waals surface area (Å²) in [7, 11) is 0. The molecule has 1 saturated heterocycles. The number of carbonyl (C=O) groups excluding carboxylic acids is 1. The molecule has 0 unspecified atom stereocenters. The molecule has 0 saturated carbocycles. The van der Waals surface area contributed by atoms with Gasteiger partial charge in [-0.2, -0.15) is 13.2 Å². The van der Waals surface area contributed by atoms with Crippen LogP contribution in [0.1, 0.15) is 15.4 Å². The van der Waals surface area contributed by atoms with Gasteiger partial charge in [-0.3, -0.25) is 9.69 Å². The molecular formula is C18H20F3N3OS. The molecule has 4 nitrogen and oxygen atoms in total. The number of nitrogens with one attached hydrogen (secondary N) is 1. The van der Waals surface area contributed by atoms with Crippen LogP contribution in [0.25, 0.3) is 0 Å². The Balaban J connectivity index is 1.65. The van der Waals surface area contributed by atoms with E-state index in [1.807, 2.05) is 37.3 Å². The van der Waals surface area contributed by atoms with E-state index < -0.39 is 23.9 Å². The predicted octanol–water partition coefficient (Wildman–Crippen LogP) is 3.38. The van der Waals surface area contributed by atoms with Crippen LogP contribution in [0.4, 0.5) is 13.2 Å². The number of thiazole rings is 1. The van der Waals surface area contributed by atoms with Gasteiger partial charge in [-0.25, -0.2) is 4.98 Å². The third-order valence-electron chi connectivity index (χ3n) is 4.48. The first kappa shape index (κ1) is 18.8. The van der Waals surface area contributed by atoms with Crippen molar-refractivity contribution in [1.29, 1.82) is 0 Å². The quantitative estimate of drug-likeness (QED) is 0.861. The number of aromatic nitrogens is 1. The Hall–Kier alpha value is -1.93. The molecule has 1 aromatic heterocycles. The van der Waals surface area contributed by atoms with Crippen LogP contribution in [0.5, 0.6) is 0 Å². The van der Waals surface area contributed by atoms with Gasteiger partial charge in [0.15, 0.2) is 0 Å². The molecule has 1 amide bonds. The number of carbonyl (C=O) groups is 1. The molecule has 1 fully saturated rings. The number of rotatable bonds is 5. The van der Waals surface area contributed by atoms with Crippen LogP contribution in [0.3, 0.4) is 0 Å². The molecule has 1 aromatic carbocycles. The SMILES string of the molecule is Cc1cnc(CNC(=O)[C@@H]2CN(Cc3ccccc3)C[C@H]2C(F)(F)F)s1. The van der Waals surface area contributed by atoms with E-state index in [2.05, 4.69) is 10.3 Å². The molecule has 0 bridgehead atoms. The maximum absolute atomic E-state index is 13.4. The normalized spacial score (nSPS) is 21.1. The monoisotopic (exact) mass is 383 g/mol. The van der Waals surface area contributed by atoms with Crippen LogP contribution in [0.15, 0.2) is 36.5 Å². The second-order valence-electron chi connectivity index (χ2n) is 6.52. The largest absolute Gasteiger partial charge is 0.393 e. The van der Waals surface area contributed by atoms with Gasteiger partial charge in [0.25, 0.3) is 0 Å². The van der Waals surface area contributed by atoms with Gasteiger partial charge in [0.2, 0.25) is 5.91 Å². The van der Waals surface area contributed by atoms with Crippen LogP contribution >= 0.6 is 11.3 Å². The standard InChI is InChI=1S/C18H20F3N3OS/c1-12-7-22-16(26-12)8-23-17(25)14-10-24(11-15(14)18(19,20)21)9-13-5-3-2-4-6-13/h2-7,14-15H,8-11H2,1H3,(H,23,25)/t14-,15-/m1/s1. The van der Waals surface area contributed by atoms with Crippen LogP contribution in [-0.2, 0) is 17.9 Å². The second-order valence-corrected chi connectivity index (χ2v) is 7.84. The zero-order valence-corrected chi connectivity index (χ0v) is 15.1. The highest BCUT2D eigenvalue weighted by Crippen LogP contribution is 2.38. The Kier molecular flexibility index (Phi) is 5.62. The lowest BCUT2D eigenvalue weighted by molar-refractivity contribution is -0.183. The van der Waals surface area contributed by atoms with Gasteiger partial charge < -0.3 is 5.32 Å². The highest BCUT2D eigenvalue weighted by Gasteiger charge is 2.52. The Bertz CT molecular complexity index is 748. The molecule has 0 radical (unpaired) electrons. The fourth-order valence-corrected chi connectivity index (χ4v) is 3.96. The van der Waals surface area contributed by atoms with E-state index in [4.69, 9.17) is 0 Å². The van der Waals surface area contributed by atoms with Crippen LogP contribution < -0.4 is 5.32 Å². The minimum Gasteiger partial charge on any atom is -0.349 e. The van der Waals surface area contributed by atoms with Gasteiger partial charge in [0, 0.05) is 30.7 Å². The van der Waals surface area contributed by atoms with E-state index in [0.29, 0.717) is 11.6 Å². The number of nitrogens with zero attached hydrogens (tertiary/aromatic N) is 2. The summed E-state index contributed by atoms with van der Waals surface area (Å²) in [4.78, 5) is 19.2. The molecule has 1 aliphatic rings. The summed E-state index contributed by atoms with van der Waals surface area (Å²) >= 11 is 1.42. The summed E-state index contributed by atoms with van der Waals surface area (Å²) in [6.45, 7) is 2.40. The molecular weight excluding hydrogens is 363 g/mol. The summed E-state index contributed by atoms with van der Waals surface area (Å²) in [5.74, 6) is -3.31. The Labute approximate surface area is 154 Å². The van der Waals surface area contributed by atoms with E-state index in [1.54, 1.807) is 11.1 Å². The smallest absolute Gasteiger partial charge is 0.349 e. The summed E-state index contributed by atoms with van der Waals surface area (Å²) in [6.07, 6.45) is -2.72. The minimum absolute atomic E-state index is 0.0990. The molecule has 0 spiro atoms. The maximum atomic E-state index is 13.4. The number of benzene rings is 1. The van der Waals surface area contributed by atoms with Crippen molar-refractivity contribution in [2.75, 3.05) is 13.1 Å². The van der Waals surface area contributed by atoms with Gasteiger partial charge in [-0.15, -0.1) is 11.3 Å². The number of hydrogen-bond acceptors (Lipinski definition) is 4. The lowest BCUT2D eigenvalue weighted by atomic mass is 9.94. The highest BCUT2D eigenvalue weighted by atomic mass is 32.1. The summed E-state index contributed by atoms with van der Waals surface area (Å²) in [5, 5.41) is 3.32. The molecule has 0 aliphatic carbocycles. The van der Waals surface area contributed by atoms with E-state index in [9.17, 15) is 18.0 Å². The predicted molar refractivity (Wildman–Crippen MR) is 93.5 cm³/mol. The van der Waals surface area contributed by atoms with Gasteiger partial charge >= 0.3 is 6.18 Å². The first-order valence-corrected chi connectivity index (χ1v) is 9.16. The van der Waals surface area contributed by atoms with Gasteiger partial charge in [0.05, 0.1) is 18.4 Å². The summed E-state index contributed by atoms with van der Waals surface area (Å²) in [5.41, 5.74) is 0.938. The van der Waals surface area contributed by atoms with E-state index in [-0.39, 0.29) is 19.6 Å². The molecule has 1 aliphatic heterocycles. The molecule has 2 heterocycles. The number of hydrogen-bond donors (Lipinski definition) is 1. The first-order valence-electron chi connectivity index (χ1n) is 8.35. The van der Waals surface area contributed by atoms with Crippen LogP contribution in [0, 0.1) is 18.8 Å². The number of aryl methyl sites for hydroxylation is 1. The zero-order valence-electron chi connectivity index (χ0n) is 14.3. The van der Waals surface area contributed by atoms with Gasteiger partial charge in [-0.1, -0.05) is 30.3 Å².